The fourth-order valence-electron chi connectivity index (χ4n) is 7.78. The van der Waals surface area contributed by atoms with E-state index in [-0.39, 0.29) is 0 Å². The van der Waals surface area contributed by atoms with Gasteiger partial charge in [-0.3, -0.25) is 0 Å². The molecule has 236 valence electrons. The number of ether oxygens (including phenoxy) is 2. The average molecular weight is 642 g/mol. The topological polar surface area (TPSA) is 42.2 Å². The Hall–Kier alpha value is -6.63. The molecule has 1 aliphatic carbocycles. The molecule has 0 saturated heterocycles. The lowest BCUT2D eigenvalue weighted by Gasteiger charge is -2.21. The predicted octanol–water partition coefficient (Wildman–Crippen LogP) is 12.2. The Bertz CT molecular complexity index is 2660. The van der Waals surface area contributed by atoms with Crippen LogP contribution in [0.4, 0.5) is 0 Å². The molecule has 0 N–H and O–H groups in total. The molecular formula is C47H31NO2. The van der Waals surface area contributed by atoms with Crippen LogP contribution in [-0.2, 0) is 0 Å². The van der Waals surface area contributed by atoms with Gasteiger partial charge in [0.05, 0.1) is 25.9 Å². The Morgan fingerprint density at radius 2 is 1.00 bits per heavy atom. The second-order valence-electron chi connectivity index (χ2n) is 12.7. The van der Waals surface area contributed by atoms with Crippen molar-refractivity contribution < 1.29 is 9.47 Å². The highest BCUT2D eigenvalue weighted by Crippen LogP contribution is 2.57. The lowest BCUT2D eigenvalue weighted by Crippen LogP contribution is -1.95. The molecule has 8 aromatic carbocycles. The van der Waals surface area contributed by atoms with Crippen LogP contribution in [0.1, 0.15) is 5.56 Å². The van der Waals surface area contributed by atoms with Gasteiger partial charge in [-0.1, -0.05) is 109 Å². The molecular weight excluding hydrogens is 611 g/mol. The molecule has 50 heavy (non-hydrogen) atoms. The number of hydrogen-bond acceptors (Lipinski definition) is 3. The summed E-state index contributed by atoms with van der Waals surface area (Å²) in [4.78, 5) is 0. The van der Waals surface area contributed by atoms with Crippen molar-refractivity contribution in [2.24, 2.45) is 0 Å². The summed E-state index contributed by atoms with van der Waals surface area (Å²) in [5, 5.41) is 14.4. The number of nitrogens with zero attached hydrogens (tertiary/aromatic N) is 1. The summed E-state index contributed by atoms with van der Waals surface area (Å²) in [6.07, 6.45) is 0. The second-order valence-corrected chi connectivity index (χ2v) is 12.7. The molecule has 0 bridgehead atoms. The van der Waals surface area contributed by atoms with E-state index in [1.54, 1.807) is 14.2 Å². The van der Waals surface area contributed by atoms with Crippen LogP contribution in [0.25, 0.3) is 88.3 Å². The van der Waals surface area contributed by atoms with Crippen molar-refractivity contribution in [1.29, 1.82) is 5.26 Å². The number of methoxy groups -OCH3 is 2. The van der Waals surface area contributed by atoms with Gasteiger partial charge in [-0.2, -0.15) is 5.26 Å². The van der Waals surface area contributed by atoms with Crippen LogP contribution in [0.15, 0.2) is 152 Å². The Morgan fingerprint density at radius 3 is 1.66 bits per heavy atom. The summed E-state index contributed by atoms with van der Waals surface area (Å²) in [6.45, 7) is 0. The summed E-state index contributed by atoms with van der Waals surface area (Å²) in [5.41, 5.74) is 14.7. The standard InChI is InChI=1S/C47H31NO2/c1-49-35-21-16-29(17-22-35)42-27-43(33-11-5-10-32(26-33)38-25-20-34(28-48)37-12-3-4-13-39(37)38)45(31-18-23-36(50-2)24-19-31)47-41-15-7-9-30-8-6-14-40(44(30)41)46(42)47/h3-27H,1-2H3. The highest BCUT2D eigenvalue weighted by atomic mass is 16.5. The first-order valence-electron chi connectivity index (χ1n) is 16.7. The number of fused-ring (bicyclic) bond motifs is 4. The Kier molecular flexibility index (Phi) is 6.97. The molecule has 3 nitrogen and oxygen atoms in total. The van der Waals surface area contributed by atoms with Crippen molar-refractivity contribution in [2.45, 2.75) is 0 Å². The van der Waals surface area contributed by atoms with Crippen LogP contribution in [0.5, 0.6) is 11.5 Å². The van der Waals surface area contributed by atoms with Crippen molar-refractivity contribution in [3.8, 4) is 84.3 Å². The predicted molar refractivity (Wildman–Crippen MR) is 205 cm³/mol. The molecule has 0 atom stereocenters. The lowest BCUT2D eigenvalue weighted by molar-refractivity contribution is 0.415. The first-order valence-corrected chi connectivity index (χ1v) is 16.7. The van der Waals surface area contributed by atoms with Gasteiger partial charge in [0, 0.05) is 5.39 Å². The van der Waals surface area contributed by atoms with Crippen molar-refractivity contribution in [3.05, 3.63) is 157 Å². The normalized spacial score (nSPS) is 11.4. The lowest BCUT2D eigenvalue weighted by atomic mass is 9.82. The minimum absolute atomic E-state index is 0.679. The molecule has 0 aliphatic heterocycles. The SMILES string of the molecule is COc1ccc(-c2cc(-c3cccc(-c4ccc(C#N)c5ccccc45)c3)c(-c3ccc(OC)cc3)c3c2-c2cccc4cccc-3c24)cc1. The van der Waals surface area contributed by atoms with Gasteiger partial charge < -0.3 is 9.47 Å². The van der Waals surface area contributed by atoms with Crippen LogP contribution in [-0.4, -0.2) is 14.2 Å². The zero-order valence-electron chi connectivity index (χ0n) is 27.7. The van der Waals surface area contributed by atoms with E-state index < -0.39 is 0 Å². The van der Waals surface area contributed by atoms with E-state index in [1.165, 1.54) is 44.2 Å². The monoisotopic (exact) mass is 641 g/mol. The number of rotatable bonds is 6. The van der Waals surface area contributed by atoms with Crippen LogP contribution in [0.3, 0.4) is 0 Å². The van der Waals surface area contributed by atoms with E-state index in [1.807, 2.05) is 48.5 Å². The molecule has 9 rings (SSSR count). The third-order valence-electron chi connectivity index (χ3n) is 10.1. The van der Waals surface area contributed by atoms with Crippen molar-refractivity contribution in [2.75, 3.05) is 14.2 Å². The zero-order valence-corrected chi connectivity index (χ0v) is 27.7. The van der Waals surface area contributed by atoms with Gasteiger partial charge in [0.25, 0.3) is 0 Å². The van der Waals surface area contributed by atoms with Gasteiger partial charge in [-0.05, 0) is 125 Å². The molecule has 0 radical (unpaired) electrons. The van der Waals surface area contributed by atoms with E-state index in [0.717, 1.165) is 55.7 Å². The third-order valence-corrected chi connectivity index (χ3v) is 10.1. The highest BCUT2D eigenvalue weighted by molar-refractivity contribution is 6.22. The van der Waals surface area contributed by atoms with Gasteiger partial charge >= 0.3 is 0 Å². The van der Waals surface area contributed by atoms with Crippen LogP contribution < -0.4 is 9.47 Å². The van der Waals surface area contributed by atoms with E-state index in [9.17, 15) is 5.26 Å². The van der Waals surface area contributed by atoms with Gasteiger partial charge in [-0.25, -0.2) is 0 Å². The minimum Gasteiger partial charge on any atom is -0.497 e. The van der Waals surface area contributed by atoms with E-state index >= 15 is 0 Å². The molecule has 0 aromatic heterocycles. The van der Waals surface area contributed by atoms with Crippen molar-refractivity contribution in [3.63, 3.8) is 0 Å². The fourth-order valence-corrected chi connectivity index (χ4v) is 7.78. The summed E-state index contributed by atoms with van der Waals surface area (Å²) in [6, 6.07) is 55.9. The molecule has 0 fully saturated rings. The van der Waals surface area contributed by atoms with Gasteiger partial charge in [0.1, 0.15) is 11.5 Å². The van der Waals surface area contributed by atoms with E-state index in [0.29, 0.717) is 5.56 Å². The van der Waals surface area contributed by atoms with E-state index in [4.69, 9.17) is 9.47 Å². The molecule has 0 spiro atoms. The number of hydrogen-bond donors (Lipinski definition) is 0. The van der Waals surface area contributed by atoms with Gasteiger partial charge in [-0.15, -0.1) is 0 Å². The summed E-state index contributed by atoms with van der Waals surface area (Å²) >= 11 is 0. The second kappa shape index (κ2) is 11.8. The molecule has 1 aliphatic rings. The molecule has 3 heteroatoms. The summed E-state index contributed by atoms with van der Waals surface area (Å²) < 4.78 is 11.1. The largest absolute Gasteiger partial charge is 0.497 e. The van der Waals surface area contributed by atoms with Crippen molar-refractivity contribution >= 4 is 21.5 Å². The average Bonchev–Trinajstić information content (AvgIpc) is 3.52. The number of benzene rings is 8. The minimum atomic E-state index is 0.679. The maximum atomic E-state index is 9.84. The molecule has 8 aromatic rings. The van der Waals surface area contributed by atoms with Gasteiger partial charge in [0.15, 0.2) is 0 Å². The quantitative estimate of drug-likeness (QED) is 0.181. The number of nitriles is 1. The highest BCUT2D eigenvalue weighted by Gasteiger charge is 2.30. The molecule has 0 amide bonds. The maximum Gasteiger partial charge on any atom is 0.118 e. The molecule has 0 saturated carbocycles. The smallest absolute Gasteiger partial charge is 0.118 e. The summed E-state index contributed by atoms with van der Waals surface area (Å²) in [5.74, 6) is 1.65. The Morgan fingerprint density at radius 1 is 0.420 bits per heavy atom. The maximum absolute atomic E-state index is 9.84. The zero-order chi connectivity index (χ0) is 33.8. The Labute approximate surface area is 291 Å². The van der Waals surface area contributed by atoms with E-state index in [2.05, 4.69) is 109 Å². The van der Waals surface area contributed by atoms with Crippen LogP contribution in [0, 0.1) is 11.3 Å². The van der Waals surface area contributed by atoms with Crippen LogP contribution >= 0.6 is 0 Å². The first kappa shape index (κ1) is 29.5. The first-order chi connectivity index (χ1) is 24.7. The summed E-state index contributed by atoms with van der Waals surface area (Å²) in [7, 11) is 3.41. The molecule has 0 heterocycles. The molecule has 0 unspecified atom stereocenters. The third kappa shape index (κ3) is 4.58. The van der Waals surface area contributed by atoms with Crippen LogP contribution in [0.2, 0.25) is 0 Å². The fraction of sp³-hybridized carbons (Fsp3) is 0.0426. The van der Waals surface area contributed by atoms with Crippen molar-refractivity contribution in [1.82, 2.24) is 0 Å². The Balaban J connectivity index is 1.38. The van der Waals surface area contributed by atoms with Gasteiger partial charge in [0.2, 0.25) is 0 Å².